The van der Waals surface area contributed by atoms with Crippen LogP contribution in [0.1, 0.15) is 24.0 Å². The van der Waals surface area contributed by atoms with Gasteiger partial charge in [-0.3, -0.25) is 4.79 Å². The predicted molar refractivity (Wildman–Crippen MR) is 90.7 cm³/mol. The molecule has 0 aliphatic carbocycles. The van der Waals surface area contributed by atoms with Crippen LogP contribution in [-0.2, 0) is 11.3 Å². The quantitative estimate of drug-likeness (QED) is 0.760. The highest BCUT2D eigenvalue weighted by molar-refractivity contribution is 6.36. The highest BCUT2D eigenvalue weighted by Crippen LogP contribution is 2.31. The zero-order valence-electron chi connectivity index (χ0n) is 11.9. The van der Waals surface area contributed by atoms with Gasteiger partial charge in [-0.25, -0.2) is 0 Å². The third-order valence-corrected chi connectivity index (χ3v) is 4.46. The number of nitrogens with zero attached hydrogens (tertiary/aromatic N) is 1. The predicted octanol–water partition coefficient (Wildman–Crippen LogP) is 5.16. The summed E-state index contributed by atoms with van der Waals surface area (Å²) < 4.78 is 0. The minimum Gasteiger partial charge on any atom is -0.312 e. The van der Waals surface area contributed by atoms with Crippen LogP contribution in [0.3, 0.4) is 0 Å². The summed E-state index contributed by atoms with van der Waals surface area (Å²) in [5.41, 5.74) is 2.88. The summed E-state index contributed by atoms with van der Waals surface area (Å²) in [6.45, 7) is 0.413. The summed E-state index contributed by atoms with van der Waals surface area (Å²) in [6, 6.07) is 15.4. The minimum absolute atomic E-state index is 0.109. The van der Waals surface area contributed by atoms with Crippen LogP contribution in [-0.4, -0.2) is 10.8 Å². The van der Waals surface area contributed by atoms with E-state index in [9.17, 15) is 4.79 Å². The first-order valence-corrected chi connectivity index (χ1v) is 7.89. The van der Waals surface area contributed by atoms with Crippen molar-refractivity contribution in [3.8, 4) is 0 Å². The van der Waals surface area contributed by atoms with Gasteiger partial charge in [0.15, 0.2) is 0 Å². The Bertz CT molecular complexity index is 705. The molecule has 1 amide bonds. The number of hydrogen-bond donors (Lipinski definition) is 0. The molecule has 3 rings (SSSR count). The molecule has 0 aromatic heterocycles. The lowest BCUT2D eigenvalue weighted by Crippen LogP contribution is -2.23. The SMILES string of the molecule is O=C1CC/C(=C\c2ccccc2)N1Cc1c(Cl)cccc1Cl. The molecule has 112 valence electrons. The molecule has 4 heteroatoms. The summed E-state index contributed by atoms with van der Waals surface area (Å²) in [7, 11) is 0. The Hall–Kier alpha value is -1.77. The van der Waals surface area contributed by atoms with E-state index in [0.29, 0.717) is 23.0 Å². The topological polar surface area (TPSA) is 20.3 Å². The van der Waals surface area contributed by atoms with Crippen LogP contribution in [0, 0.1) is 0 Å². The first-order valence-electron chi connectivity index (χ1n) is 7.14. The molecule has 22 heavy (non-hydrogen) atoms. The van der Waals surface area contributed by atoms with E-state index in [1.807, 2.05) is 30.3 Å². The molecule has 1 aliphatic heterocycles. The number of carbonyl (C=O) groups is 1. The van der Waals surface area contributed by atoms with Gasteiger partial charge in [-0.05, 0) is 30.2 Å². The number of hydrogen-bond acceptors (Lipinski definition) is 1. The van der Waals surface area contributed by atoms with E-state index in [-0.39, 0.29) is 5.91 Å². The average molecular weight is 332 g/mol. The van der Waals surface area contributed by atoms with Crippen LogP contribution < -0.4 is 0 Å². The van der Waals surface area contributed by atoms with Crippen molar-refractivity contribution in [3.05, 3.63) is 75.4 Å². The van der Waals surface area contributed by atoms with Gasteiger partial charge < -0.3 is 4.90 Å². The second-order valence-electron chi connectivity index (χ2n) is 5.23. The van der Waals surface area contributed by atoms with Crippen LogP contribution in [0.15, 0.2) is 54.2 Å². The maximum absolute atomic E-state index is 12.2. The van der Waals surface area contributed by atoms with E-state index in [1.165, 1.54) is 0 Å². The number of carbonyl (C=O) groups excluding carboxylic acids is 1. The second-order valence-corrected chi connectivity index (χ2v) is 6.04. The first kappa shape index (κ1) is 15.1. The Labute approximate surface area is 140 Å². The second kappa shape index (κ2) is 6.55. The highest BCUT2D eigenvalue weighted by Gasteiger charge is 2.26. The van der Waals surface area contributed by atoms with Crippen molar-refractivity contribution in [2.45, 2.75) is 19.4 Å². The fourth-order valence-electron chi connectivity index (χ4n) is 2.59. The van der Waals surface area contributed by atoms with E-state index in [0.717, 1.165) is 23.2 Å². The number of allylic oxidation sites excluding steroid dienone is 1. The number of halogens is 2. The Balaban J connectivity index is 1.90. The monoisotopic (exact) mass is 331 g/mol. The van der Waals surface area contributed by atoms with Crippen molar-refractivity contribution < 1.29 is 4.79 Å². The normalized spacial score (nSPS) is 16.5. The Kier molecular flexibility index (Phi) is 4.51. The summed E-state index contributed by atoms with van der Waals surface area (Å²) >= 11 is 12.4. The van der Waals surface area contributed by atoms with Crippen LogP contribution in [0.5, 0.6) is 0 Å². The molecule has 2 aromatic rings. The number of likely N-dealkylation sites (tertiary alicyclic amines) is 1. The van der Waals surface area contributed by atoms with Crippen molar-refractivity contribution in [1.82, 2.24) is 4.90 Å². The molecule has 0 unspecified atom stereocenters. The van der Waals surface area contributed by atoms with Crippen LogP contribution in [0.25, 0.3) is 6.08 Å². The molecule has 0 spiro atoms. The summed E-state index contributed by atoms with van der Waals surface area (Å²) in [4.78, 5) is 14.0. The minimum atomic E-state index is 0.109. The van der Waals surface area contributed by atoms with Gasteiger partial charge >= 0.3 is 0 Å². The number of rotatable bonds is 3. The van der Waals surface area contributed by atoms with Gasteiger partial charge in [0.25, 0.3) is 0 Å². The fraction of sp³-hybridized carbons (Fsp3) is 0.167. The Morgan fingerprint density at radius 1 is 0.955 bits per heavy atom. The lowest BCUT2D eigenvalue weighted by molar-refractivity contribution is -0.127. The van der Waals surface area contributed by atoms with Gasteiger partial charge in [-0.15, -0.1) is 0 Å². The van der Waals surface area contributed by atoms with Gasteiger partial charge in [0.2, 0.25) is 5.91 Å². The molecule has 0 radical (unpaired) electrons. The lowest BCUT2D eigenvalue weighted by atomic mass is 10.1. The van der Waals surface area contributed by atoms with Gasteiger partial charge in [0, 0.05) is 27.7 Å². The number of amides is 1. The molecule has 0 saturated carbocycles. The molecule has 2 aromatic carbocycles. The number of benzene rings is 2. The molecule has 0 atom stereocenters. The fourth-order valence-corrected chi connectivity index (χ4v) is 3.11. The van der Waals surface area contributed by atoms with E-state index in [2.05, 4.69) is 6.08 Å². The third-order valence-electron chi connectivity index (χ3n) is 3.75. The van der Waals surface area contributed by atoms with Crippen molar-refractivity contribution in [3.63, 3.8) is 0 Å². The van der Waals surface area contributed by atoms with Crippen molar-refractivity contribution in [2.75, 3.05) is 0 Å². The van der Waals surface area contributed by atoms with E-state index in [1.54, 1.807) is 23.1 Å². The Morgan fingerprint density at radius 3 is 2.32 bits per heavy atom. The summed E-state index contributed by atoms with van der Waals surface area (Å²) in [6.07, 6.45) is 3.33. The zero-order chi connectivity index (χ0) is 15.5. The first-order chi connectivity index (χ1) is 10.6. The van der Waals surface area contributed by atoms with Crippen molar-refractivity contribution >= 4 is 35.2 Å². The van der Waals surface area contributed by atoms with Gasteiger partial charge in [-0.2, -0.15) is 0 Å². The largest absolute Gasteiger partial charge is 0.312 e. The molecule has 1 saturated heterocycles. The molecule has 1 heterocycles. The lowest BCUT2D eigenvalue weighted by Gasteiger charge is -2.20. The Morgan fingerprint density at radius 2 is 1.64 bits per heavy atom. The molecule has 0 N–H and O–H groups in total. The summed E-state index contributed by atoms with van der Waals surface area (Å²) in [5.74, 6) is 0.109. The molecular weight excluding hydrogens is 317 g/mol. The van der Waals surface area contributed by atoms with Crippen LogP contribution in [0.2, 0.25) is 10.0 Å². The summed E-state index contributed by atoms with van der Waals surface area (Å²) in [5, 5.41) is 1.18. The highest BCUT2D eigenvalue weighted by atomic mass is 35.5. The van der Waals surface area contributed by atoms with Gasteiger partial charge in [-0.1, -0.05) is 59.6 Å². The van der Waals surface area contributed by atoms with E-state index < -0.39 is 0 Å². The van der Waals surface area contributed by atoms with Gasteiger partial charge in [0.1, 0.15) is 0 Å². The molecule has 0 bridgehead atoms. The maximum Gasteiger partial charge on any atom is 0.227 e. The maximum atomic E-state index is 12.2. The molecule has 1 aliphatic rings. The average Bonchev–Trinajstić information content (AvgIpc) is 2.85. The van der Waals surface area contributed by atoms with E-state index in [4.69, 9.17) is 23.2 Å². The smallest absolute Gasteiger partial charge is 0.227 e. The van der Waals surface area contributed by atoms with Gasteiger partial charge in [0.05, 0.1) is 6.54 Å². The van der Waals surface area contributed by atoms with Crippen LogP contribution >= 0.6 is 23.2 Å². The standard InChI is InChI=1S/C18H15Cl2NO/c19-16-7-4-8-17(20)15(16)12-21-14(9-10-18(21)22)11-13-5-2-1-3-6-13/h1-8,11H,9-10,12H2/b14-11+. The van der Waals surface area contributed by atoms with Crippen LogP contribution in [0.4, 0.5) is 0 Å². The van der Waals surface area contributed by atoms with Crippen molar-refractivity contribution in [1.29, 1.82) is 0 Å². The molecule has 2 nitrogen and oxygen atoms in total. The zero-order valence-corrected chi connectivity index (χ0v) is 13.4. The van der Waals surface area contributed by atoms with E-state index >= 15 is 0 Å². The third kappa shape index (κ3) is 3.18. The molecular formula is C18H15Cl2NO. The molecule has 1 fully saturated rings. The van der Waals surface area contributed by atoms with Crippen molar-refractivity contribution in [2.24, 2.45) is 0 Å².